The van der Waals surface area contributed by atoms with Crippen LogP contribution in [0.2, 0.25) is 0 Å². The molecule has 1 rings (SSSR count). The van der Waals surface area contributed by atoms with Gasteiger partial charge in [0.25, 0.3) is 0 Å². The molecule has 0 amide bonds. The monoisotopic (exact) mass is 176 g/mol. The van der Waals surface area contributed by atoms with Gasteiger partial charge in [0.1, 0.15) is 6.61 Å². The van der Waals surface area contributed by atoms with Crippen molar-refractivity contribution < 1.29 is 13.2 Å². The second-order valence-corrected chi connectivity index (χ2v) is 3.94. The van der Waals surface area contributed by atoms with Gasteiger partial charge in [-0.2, -0.15) is 0 Å². The molecule has 11 heavy (non-hydrogen) atoms. The minimum Gasteiger partial charge on any atom is -0.388 e. The van der Waals surface area contributed by atoms with Crippen LogP contribution in [0.1, 0.15) is 0 Å². The molecular formula is C5H8N2O3S. The van der Waals surface area contributed by atoms with Crippen molar-refractivity contribution in [2.75, 3.05) is 13.7 Å². The lowest BCUT2D eigenvalue weighted by atomic mass is 10.8. The first-order valence-electron chi connectivity index (χ1n) is 2.85. The van der Waals surface area contributed by atoms with E-state index in [-0.39, 0.29) is 16.7 Å². The van der Waals surface area contributed by atoms with Crippen LogP contribution in [-0.4, -0.2) is 27.2 Å². The maximum Gasteiger partial charge on any atom is 0.238 e. The highest BCUT2D eigenvalue weighted by atomic mass is 32.2. The summed E-state index contributed by atoms with van der Waals surface area (Å²) in [4.78, 5) is 3.58. The molecular weight excluding hydrogens is 168 g/mol. The summed E-state index contributed by atoms with van der Waals surface area (Å²) < 4.78 is 26.8. The molecule has 0 aliphatic carbocycles. The lowest BCUT2D eigenvalue weighted by molar-refractivity contribution is 0.247. The molecule has 0 fully saturated rings. The number of methoxy groups -OCH3 is 1. The molecule has 62 valence electrons. The Morgan fingerprint density at radius 3 is 2.73 bits per heavy atom. The SMILES string of the molecule is COCC1=NC=C(N)S1(=O)=O. The van der Waals surface area contributed by atoms with E-state index in [4.69, 9.17) is 5.73 Å². The van der Waals surface area contributed by atoms with Crippen LogP contribution in [0.15, 0.2) is 16.2 Å². The maximum absolute atomic E-state index is 11.1. The van der Waals surface area contributed by atoms with Crippen LogP contribution in [0, 0.1) is 0 Å². The minimum absolute atomic E-state index is 0.0282. The van der Waals surface area contributed by atoms with Gasteiger partial charge in [-0.1, -0.05) is 0 Å². The summed E-state index contributed by atoms with van der Waals surface area (Å²) in [5, 5.41) is -0.248. The lowest BCUT2D eigenvalue weighted by Gasteiger charge is -1.98. The molecule has 5 nitrogen and oxygen atoms in total. The van der Waals surface area contributed by atoms with E-state index >= 15 is 0 Å². The Morgan fingerprint density at radius 1 is 1.73 bits per heavy atom. The molecule has 0 saturated heterocycles. The van der Waals surface area contributed by atoms with E-state index in [0.29, 0.717) is 0 Å². The fourth-order valence-electron chi connectivity index (χ4n) is 0.649. The summed E-state index contributed by atoms with van der Waals surface area (Å²) in [6, 6.07) is 0. The summed E-state index contributed by atoms with van der Waals surface area (Å²) in [5.41, 5.74) is 5.14. The quantitative estimate of drug-likeness (QED) is 0.598. The molecule has 0 aromatic rings. The molecule has 0 aromatic carbocycles. The van der Waals surface area contributed by atoms with Gasteiger partial charge in [0.15, 0.2) is 10.1 Å². The van der Waals surface area contributed by atoms with Gasteiger partial charge >= 0.3 is 0 Å². The number of sulfone groups is 1. The van der Waals surface area contributed by atoms with Crippen molar-refractivity contribution >= 4 is 14.9 Å². The van der Waals surface area contributed by atoms with Crippen molar-refractivity contribution in [1.82, 2.24) is 0 Å². The van der Waals surface area contributed by atoms with Crippen LogP contribution in [0.25, 0.3) is 0 Å². The van der Waals surface area contributed by atoms with E-state index in [0.717, 1.165) is 6.20 Å². The largest absolute Gasteiger partial charge is 0.388 e. The normalized spacial score (nSPS) is 21.2. The van der Waals surface area contributed by atoms with Crippen LogP contribution in [0.4, 0.5) is 0 Å². The maximum atomic E-state index is 11.1. The molecule has 0 bridgehead atoms. The number of ether oxygens (including phenoxy) is 1. The Kier molecular flexibility index (Phi) is 1.97. The zero-order valence-corrected chi connectivity index (χ0v) is 6.76. The Morgan fingerprint density at radius 2 is 2.36 bits per heavy atom. The van der Waals surface area contributed by atoms with E-state index in [1.807, 2.05) is 0 Å². The topological polar surface area (TPSA) is 81.8 Å². The zero-order chi connectivity index (χ0) is 8.48. The number of aliphatic imine (C=N–C) groups is 1. The average molecular weight is 176 g/mol. The van der Waals surface area contributed by atoms with Gasteiger partial charge in [0.2, 0.25) is 9.84 Å². The van der Waals surface area contributed by atoms with E-state index < -0.39 is 9.84 Å². The van der Waals surface area contributed by atoms with E-state index in [9.17, 15) is 8.42 Å². The molecule has 0 spiro atoms. The molecule has 1 aliphatic heterocycles. The average Bonchev–Trinajstić information content (AvgIpc) is 2.16. The smallest absolute Gasteiger partial charge is 0.238 e. The summed E-state index contributed by atoms with van der Waals surface area (Å²) in [6.45, 7) is -0.0282. The van der Waals surface area contributed by atoms with Crippen LogP contribution >= 0.6 is 0 Å². The van der Waals surface area contributed by atoms with Crippen LogP contribution < -0.4 is 5.73 Å². The molecule has 0 aromatic heterocycles. The molecule has 0 atom stereocenters. The van der Waals surface area contributed by atoms with Crippen molar-refractivity contribution in [3.63, 3.8) is 0 Å². The number of nitrogens with zero attached hydrogens (tertiary/aromatic N) is 1. The van der Waals surface area contributed by atoms with E-state index in [1.165, 1.54) is 7.11 Å². The van der Waals surface area contributed by atoms with Crippen LogP contribution in [0.3, 0.4) is 0 Å². The first-order chi connectivity index (χ1) is 5.09. The molecule has 6 heteroatoms. The third-order valence-electron chi connectivity index (χ3n) is 1.22. The number of nitrogens with two attached hydrogens (primary N) is 1. The van der Waals surface area contributed by atoms with Crippen molar-refractivity contribution in [1.29, 1.82) is 0 Å². The Hall–Kier alpha value is -0.880. The van der Waals surface area contributed by atoms with Gasteiger partial charge in [0, 0.05) is 7.11 Å². The van der Waals surface area contributed by atoms with Crippen molar-refractivity contribution in [2.24, 2.45) is 10.7 Å². The fraction of sp³-hybridized carbons (Fsp3) is 0.400. The van der Waals surface area contributed by atoms with Gasteiger partial charge < -0.3 is 10.5 Å². The van der Waals surface area contributed by atoms with Gasteiger partial charge in [0.05, 0.1) is 6.20 Å². The highest BCUT2D eigenvalue weighted by Crippen LogP contribution is 2.11. The summed E-state index contributed by atoms with van der Waals surface area (Å²) in [7, 11) is -2.07. The summed E-state index contributed by atoms with van der Waals surface area (Å²) in [5.74, 6) is 0. The van der Waals surface area contributed by atoms with Crippen molar-refractivity contribution in [2.45, 2.75) is 0 Å². The Bertz CT molecular complexity index is 315. The van der Waals surface area contributed by atoms with Crippen LogP contribution in [0.5, 0.6) is 0 Å². The first kappa shape index (κ1) is 8.22. The predicted octanol–water partition coefficient (Wildman–Crippen LogP) is -0.783. The van der Waals surface area contributed by atoms with E-state index in [2.05, 4.69) is 9.73 Å². The van der Waals surface area contributed by atoms with Crippen molar-refractivity contribution in [3.8, 4) is 0 Å². The first-order valence-corrected chi connectivity index (χ1v) is 4.33. The number of hydrogen-bond donors (Lipinski definition) is 1. The number of hydrogen-bond acceptors (Lipinski definition) is 5. The van der Waals surface area contributed by atoms with Crippen molar-refractivity contribution in [3.05, 3.63) is 11.2 Å². The predicted molar refractivity (Wildman–Crippen MR) is 40.5 cm³/mol. The van der Waals surface area contributed by atoms with Gasteiger partial charge in [-0.05, 0) is 0 Å². The summed E-state index contributed by atoms with van der Waals surface area (Å²) >= 11 is 0. The fourth-order valence-corrected chi connectivity index (χ4v) is 1.58. The summed E-state index contributed by atoms with van der Waals surface area (Å²) in [6.07, 6.45) is 1.11. The highest BCUT2D eigenvalue weighted by Gasteiger charge is 2.26. The van der Waals surface area contributed by atoms with Gasteiger partial charge in [-0.15, -0.1) is 0 Å². The minimum atomic E-state index is -3.46. The third-order valence-corrected chi connectivity index (χ3v) is 2.79. The second-order valence-electron chi connectivity index (χ2n) is 1.99. The molecule has 0 saturated carbocycles. The molecule has 1 heterocycles. The van der Waals surface area contributed by atoms with Crippen LogP contribution in [-0.2, 0) is 14.6 Å². The standard InChI is InChI=1S/C5H8N2O3S/c1-10-3-5-7-2-4(6)11(5,8)9/h2H,3,6H2,1H3. The molecule has 0 unspecified atom stereocenters. The van der Waals surface area contributed by atoms with E-state index in [1.54, 1.807) is 0 Å². The molecule has 0 radical (unpaired) electrons. The Labute approximate surface area is 64.5 Å². The lowest BCUT2D eigenvalue weighted by Crippen LogP contribution is -2.21. The number of rotatable bonds is 2. The molecule has 2 N–H and O–H groups in total. The zero-order valence-electron chi connectivity index (χ0n) is 5.94. The third kappa shape index (κ3) is 1.26. The Balaban J connectivity index is 2.93. The highest BCUT2D eigenvalue weighted by molar-refractivity contribution is 8.10. The molecule has 1 aliphatic rings. The van der Waals surface area contributed by atoms with Gasteiger partial charge in [-0.25, -0.2) is 13.4 Å². The van der Waals surface area contributed by atoms with Gasteiger partial charge in [-0.3, -0.25) is 0 Å². The second kappa shape index (κ2) is 2.63.